The molecular formula is C14H26N2O2. The molecule has 1 amide bonds. The molecule has 2 fully saturated rings. The summed E-state index contributed by atoms with van der Waals surface area (Å²) in [6, 6.07) is 0.567. The molecule has 0 aliphatic heterocycles. The standard InChI is InChI=1S/C14H26N2O2/c17-14(10-16-13-4-1-2-5-13)15-8-3-9-18-11-12-6-7-12/h12-13,16H,1-11H2,(H,15,17). The van der Waals surface area contributed by atoms with Crippen LogP contribution in [0.5, 0.6) is 0 Å². The minimum atomic E-state index is 0.115. The van der Waals surface area contributed by atoms with Crippen molar-refractivity contribution in [2.45, 2.75) is 51.0 Å². The van der Waals surface area contributed by atoms with Crippen LogP contribution in [-0.2, 0) is 9.53 Å². The first kappa shape index (κ1) is 13.8. The number of ether oxygens (including phenoxy) is 1. The van der Waals surface area contributed by atoms with E-state index in [0.717, 1.165) is 32.1 Å². The first-order chi connectivity index (χ1) is 8.84. The zero-order chi connectivity index (χ0) is 12.6. The minimum Gasteiger partial charge on any atom is -0.381 e. The quantitative estimate of drug-likeness (QED) is 0.612. The van der Waals surface area contributed by atoms with Gasteiger partial charge in [0.25, 0.3) is 0 Å². The van der Waals surface area contributed by atoms with Crippen molar-refractivity contribution in [3.8, 4) is 0 Å². The number of carbonyl (C=O) groups is 1. The van der Waals surface area contributed by atoms with Crippen LogP contribution < -0.4 is 10.6 Å². The van der Waals surface area contributed by atoms with Gasteiger partial charge in [0.1, 0.15) is 0 Å². The van der Waals surface area contributed by atoms with Crippen molar-refractivity contribution < 1.29 is 9.53 Å². The number of nitrogens with one attached hydrogen (secondary N) is 2. The van der Waals surface area contributed by atoms with Gasteiger partial charge >= 0.3 is 0 Å². The third kappa shape index (κ3) is 5.83. The summed E-state index contributed by atoms with van der Waals surface area (Å²) in [5.41, 5.74) is 0. The molecule has 0 spiro atoms. The van der Waals surface area contributed by atoms with Crippen LogP contribution in [0, 0.1) is 5.92 Å². The van der Waals surface area contributed by atoms with Crippen LogP contribution in [0.1, 0.15) is 44.9 Å². The van der Waals surface area contributed by atoms with E-state index < -0.39 is 0 Å². The largest absolute Gasteiger partial charge is 0.381 e. The Labute approximate surface area is 110 Å². The van der Waals surface area contributed by atoms with Crippen LogP contribution in [0.15, 0.2) is 0 Å². The molecule has 0 saturated heterocycles. The maximum Gasteiger partial charge on any atom is 0.233 e. The fraction of sp³-hybridized carbons (Fsp3) is 0.929. The SMILES string of the molecule is O=C(CNC1CCCC1)NCCCOCC1CC1. The van der Waals surface area contributed by atoms with E-state index in [4.69, 9.17) is 4.74 Å². The number of carbonyl (C=O) groups excluding carboxylic acids is 1. The van der Waals surface area contributed by atoms with E-state index >= 15 is 0 Å². The van der Waals surface area contributed by atoms with Gasteiger partial charge < -0.3 is 15.4 Å². The molecule has 2 N–H and O–H groups in total. The van der Waals surface area contributed by atoms with Crippen molar-refractivity contribution in [2.24, 2.45) is 5.92 Å². The monoisotopic (exact) mass is 254 g/mol. The molecule has 0 atom stereocenters. The van der Waals surface area contributed by atoms with Gasteiger partial charge in [-0.05, 0) is 38.0 Å². The summed E-state index contributed by atoms with van der Waals surface area (Å²) in [6.07, 6.45) is 8.65. The number of hydrogen-bond acceptors (Lipinski definition) is 3. The third-order valence-electron chi connectivity index (χ3n) is 3.74. The van der Waals surface area contributed by atoms with Gasteiger partial charge in [-0.15, -0.1) is 0 Å². The lowest BCUT2D eigenvalue weighted by atomic mass is 10.2. The summed E-state index contributed by atoms with van der Waals surface area (Å²) >= 11 is 0. The maximum atomic E-state index is 11.5. The summed E-state index contributed by atoms with van der Waals surface area (Å²) in [5, 5.41) is 6.24. The molecule has 0 aromatic carbocycles. The van der Waals surface area contributed by atoms with E-state index in [1.807, 2.05) is 0 Å². The topological polar surface area (TPSA) is 50.4 Å². The van der Waals surface area contributed by atoms with Crippen molar-refractivity contribution >= 4 is 5.91 Å². The van der Waals surface area contributed by atoms with Crippen molar-refractivity contribution in [1.29, 1.82) is 0 Å². The molecule has 2 aliphatic carbocycles. The molecule has 0 unspecified atom stereocenters. The summed E-state index contributed by atoms with van der Waals surface area (Å²) in [7, 11) is 0. The molecule has 2 rings (SSSR count). The van der Waals surface area contributed by atoms with Crippen LogP contribution in [0.25, 0.3) is 0 Å². The second kappa shape index (κ2) is 7.74. The second-order valence-electron chi connectivity index (χ2n) is 5.58. The smallest absolute Gasteiger partial charge is 0.233 e. The van der Waals surface area contributed by atoms with Crippen molar-refractivity contribution in [3.63, 3.8) is 0 Å². The van der Waals surface area contributed by atoms with Crippen molar-refractivity contribution in [1.82, 2.24) is 10.6 Å². The second-order valence-corrected chi connectivity index (χ2v) is 5.58. The van der Waals surface area contributed by atoms with Gasteiger partial charge in [0.15, 0.2) is 0 Å². The Kier molecular flexibility index (Phi) is 5.94. The molecule has 2 aliphatic rings. The highest BCUT2D eigenvalue weighted by molar-refractivity contribution is 5.77. The molecule has 0 aromatic heterocycles. The van der Waals surface area contributed by atoms with E-state index in [0.29, 0.717) is 12.6 Å². The predicted octanol–water partition coefficient (Wildman–Crippen LogP) is 1.45. The van der Waals surface area contributed by atoms with Gasteiger partial charge in [-0.25, -0.2) is 0 Å². The van der Waals surface area contributed by atoms with Gasteiger partial charge in [0, 0.05) is 25.8 Å². The Morgan fingerprint density at radius 3 is 2.67 bits per heavy atom. The molecule has 0 bridgehead atoms. The molecule has 4 heteroatoms. The predicted molar refractivity (Wildman–Crippen MR) is 71.4 cm³/mol. The van der Waals surface area contributed by atoms with E-state index in [9.17, 15) is 4.79 Å². The Balaban J connectivity index is 1.37. The van der Waals surface area contributed by atoms with Crippen LogP contribution >= 0.6 is 0 Å². The zero-order valence-corrected chi connectivity index (χ0v) is 11.2. The summed E-state index contributed by atoms with van der Waals surface area (Å²) in [4.78, 5) is 11.5. The van der Waals surface area contributed by atoms with Crippen LogP contribution in [0.4, 0.5) is 0 Å². The summed E-state index contributed by atoms with van der Waals surface area (Å²) in [5.74, 6) is 0.944. The fourth-order valence-corrected chi connectivity index (χ4v) is 2.37. The van der Waals surface area contributed by atoms with Gasteiger partial charge in [-0.2, -0.15) is 0 Å². The Bertz CT molecular complexity index is 248. The molecule has 2 saturated carbocycles. The highest BCUT2D eigenvalue weighted by Crippen LogP contribution is 2.28. The van der Waals surface area contributed by atoms with Gasteiger partial charge in [0.2, 0.25) is 5.91 Å². The highest BCUT2D eigenvalue weighted by atomic mass is 16.5. The Morgan fingerprint density at radius 2 is 1.94 bits per heavy atom. The maximum absolute atomic E-state index is 11.5. The van der Waals surface area contributed by atoms with E-state index in [1.54, 1.807) is 0 Å². The van der Waals surface area contributed by atoms with E-state index in [2.05, 4.69) is 10.6 Å². The molecule has 104 valence electrons. The average Bonchev–Trinajstić information content (AvgIpc) is 3.04. The van der Waals surface area contributed by atoms with Gasteiger partial charge in [-0.1, -0.05) is 12.8 Å². The van der Waals surface area contributed by atoms with E-state index in [-0.39, 0.29) is 5.91 Å². The molecule has 0 radical (unpaired) electrons. The van der Waals surface area contributed by atoms with Crippen molar-refractivity contribution in [2.75, 3.05) is 26.3 Å². The van der Waals surface area contributed by atoms with Crippen LogP contribution in [0.3, 0.4) is 0 Å². The lowest BCUT2D eigenvalue weighted by Gasteiger charge is -2.11. The zero-order valence-electron chi connectivity index (χ0n) is 11.2. The molecule has 18 heavy (non-hydrogen) atoms. The first-order valence-corrected chi connectivity index (χ1v) is 7.42. The van der Waals surface area contributed by atoms with E-state index in [1.165, 1.54) is 38.5 Å². The minimum absolute atomic E-state index is 0.115. The average molecular weight is 254 g/mol. The lowest BCUT2D eigenvalue weighted by Crippen LogP contribution is -2.38. The molecule has 0 heterocycles. The molecular weight excluding hydrogens is 228 g/mol. The Morgan fingerprint density at radius 1 is 1.17 bits per heavy atom. The van der Waals surface area contributed by atoms with Gasteiger partial charge in [0.05, 0.1) is 6.54 Å². The highest BCUT2D eigenvalue weighted by Gasteiger charge is 2.20. The number of amides is 1. The van der Waals surface area contributed by atoms with Crippen LogP contribution in [-0.4, -0.2) is 38.3 Å². The lowest BCUT2D eigenvalue weighted by molar-refractivity contribution is -0.120. The normalized spacial score (nSPS) is 20.2. The van der Waals surface area contributed by atoms with Crippen molar-refractivity contribution in [3.05, 3.63) is 0 Å². The molecule has 0 aromatic rings. The van der Waals surface area contributed by atoms with Gasteiger partial charge in [-0.3, -0.25) is 4.79 Å². The summed E-state index contributed by atoms with van der Waals surface area (Å²) in [6.45, 7) is 2.88. The van der Waals surface area contributed by atoms with Crippen LogP contribution in [0.2, 0.25) is 0 Å². The number of hydrogen-bond donors (Lipinski definition) is 2. The molecule has 4 nitrogen and oxygen atoms in total. The first-order valence-electron chi connectivity index (χ1n) is 7.42. The Hall–Kier alpha value is -0.610. The fourth-order valence-electron chi connectivity index (χ4n) is 2.37. The summed E-state index contributed by atoms with van der Waals surface area (Å²) < 4.78 is 5.51. The number of rotatable bonds is 9. The third-order valence-corrected chi connectivity index (χ3v) is 3.74.